The topological polar surface area (TPSA) is 30.3 Å². The Morgan fingerprint density at radius 3 is 2.62 bits per heavy atom. The number of imidazole rings is 1. The highest BCUT2D eigenvalue weighted by Crippen LogP contribution is 2.23. The number of aromatic nitrogens is 2. The van der Waals surface area contributed by atoms with E-state index in [0.29, 0.717) is 11.6 Å². The highest BCUT2D eigenvalue weighted by molar-refractivity contribution is 6.31. The van der Waals surface area contributed by atoms with Crippen molar-refractivity contribution in [2.24, 2.45) is 0 Å². The molecule has 5 heteroatoms. The largest absolute Gasteiger partial charge is 0.485 e. The average Bonchev–Trinajstić information content (AvgIpc) is 2.98. The van der Waals surface area contributed by atoms with Crippen molar-refractivity contribution in [2.75, 3.05) is 19.6 Å². The molecule has 2 aromatic carbocycles. The smallest absolute Gasteiger partial charge is 0.148 e. The summed E-state index contributed by atoms with van der Waals surface area (Å²) in [6.45, 7) is 10.8. The number of fused-ring (bicyclic) bond motifs is 1. The molecule has 4 nitrogen and oxygen atoms in total. The molecule has 0 spiro atoms. The summed E-state index contributed by atoms with van der Waals surface area (Å²) in [4.78, 5) is 7.19. The van der Waals surface area contributed by atoms with Gasteiger partial charge in [-0.1, -0.05) is 43.6 Å². The second-order valence-corrected chi connectivity index (χ2v) is 6.83. The fraction of sp³-hybridized carbons (Fsp3) is 0.381. The third kappa shape index (κ3) is 4.19. The molecule has 0 aliphatic heterocycles. The van der Waals surface area contributed by atoms with Crippen LogP contribution in [0.5, 0.6) is 5.75 Å². The number of likely N-dealkylation sites (N-methyl/N-ethyl adjacent to an activating group) is 1. The van der Waals surface area contributed by atoms with Crippen LogP contribution in [0.1, 0.15) is 25.2 Å². The lowest BCUT2D eigenvalue weighted by Crippen LogP contribution is -2.27. The van der Waals surface area contributed by atoms with Crippen molar-refractivity contribution in [3.8, 4) is 5.75 Å². The van der Waals surface area contributed by atoms with Gasteiger partial charge in [0.25, 0.3) is 0 Å². The number of halogens is 1. The molecule has 0 aliphatic carbocycles. The first-order chi connectivity index (χ1) is 12.6. The van der Waals surface area contributed by atoms with E-state index in [2.05, 4.69) is 36.3 Å². The third-order valence-corrected chi connectivity index (χ3v) is 5.01. The van der Waals surface area contributed by atoms with E-state index in [-0.39, 0.29) is 0 Å². The summed E-state index contributed by atoms with van der Waals surface area (Å²) >= 11 is 6.16. The first-order valence-electron chi connectivity index (χ1n) is 9.17. The minimum atomic E-state index is 0.440. The van der Waals surface area contributed by atoms with E-state index in [1.54, 1.807) is 0 Å². The third-order valence-electron chi connectivity index (χ3n) is 4.77. The number of aryl methyl sites for hydroxylation is 1. The van der Waals surface area contributed by atoms with Gasteiger partial charge in [-0.3, -0.25) is 0 Å². The standard InChI is InChI=1S/C21H26ClN3O/c1-4-24(5-2)12-13-25-19-11-10-17(22)14-18(19)23-21(25)15-26-20-9-7-6-8-16(20)3/h6-11,14H,4-5,12-13,15H2,1-3H3. The molecular formula is C21H26ClN3O. The molecule has 0 amide bonds. The Hall–Kier alpha value is -2.04. The Balaban J connectivity index is 1.87. The van der Waals surface area contributed by atoms with Crippen LogP contribution in [0.3, 0.4) is 0 Å². The van der Waals surface area contributed by atoms with Gasteiger partial charge in [0.1, 0.15) is 18.2 Å². The second kappa shape index (κ2) is 8.56. The zero-order valence-corrected chi connectivity index (χ0v) is 16.5. The van der Waals surface area contributed by atoms with Gasteiger partial charge in [-0.15, -0.1) is 0 Å². The SMILES string of the molecule is CCN(CC)CCn1c(COc2ccccc2C)nc2cc(Cl)ccc21. The van der Waals surface area contributed by atoms with E-state index in [4.69, 9.17) is 21.3 Å². The Bertz CT molecular complexity index is 871. The first kappa shape index (κ1) is 18.7. The van der Waals surface area contributed by atoms with Crippen LogP contribution in [-0.4, -0.2) is 34.1 Å². The number of hydrogen-bond donors (Lipinski definition) is 0. The van der Waals surface area contributed by atoms with E-state index in [0.717, 1.165) is 54.3 Å². The minimum absolute atomic E-state index is 0.440. The van der Waals surface area contributed by atoms with Crippen molar-refractivity contribution in [1.82, 2.24) is 14.5 Å². The highest BCUT2D eigenvalue weighted by atomic mass is 35.5. The Kier molecular flexibility index (Phi) is 6.17. The van der Waals surface area contributed by atoms with Crippen LogP contribution in [0, 0.1) is 6.92 Å². The number of benzene rings is 2. The molecule has 0 unspecified atom stereocenters. The summed E-state index contributed by atoms with van der Waals surface area (Å²) in [7, 11) is 0. The van der Waals surface area contributed by atoms with Gasteiger partial charge in [0.2, 0.25) is 0 Å². The first-order valence-corrected chi connectivity index (χ1v) is 9.55. The Morgan fingerprint density at radius 2 is 1.88 bits per heavy atom. The molecule has 3 aromatic rings. The molecule has 1 aromatic heterocycles. The van der Waals surface area contributed by atoms with Crippen molar-refractivity contribution in [1.29, 1.82) is 0 Å². The average molecular weight is 372 g/mol. The molecule has 0 bridgehead atoms. The summed E-state index contributed by atoms with van der Waals surface area (Å²) in [6, 6.07) is 13.9. The lowest BCUT2D eigenvalue weighted by Gasteiger charge is -2.19. The summed E-state index contributed by atoms with van der Waals surface area (Å²) in [5.41, 5.74) is 3.15. The van der Waals surface area contributed by atoms with Gasteiger partial charge in [0, 0.05) is 18.1 Å². The van der Waals surface area contributed by atoms with Crippen LogP contribution in [0.15, 0.2) is 42.5 Å². The number of para-hydroxylation sites is 1. The Morgan fingerprint density at radius 1 is 1.12 bits per heavy atom. The van der Waals surface area contributed by atoms with Crippen LogP contribution in [-0.2, 0) is 13.2 Å². The van der Waals surface area contributed by atoms with Crippen LogP contribution in [0.4, 0.5) is 0 Å². The summed E-state index contributed by atoms with van der Waals surface area (Å²) in [5, 5.41) is 0.706. The zero-order chi connectivity index (χ0) is 18.5. The maximum atomic E-state index is 6.16. The molecule has 0 atom stereocenters. The minimum Gasteiger partial charge on any atom is -0.485 e. The van der Waals surface area contributed by atoms with Crippen molar-refractivity contribution < 1.29 is 4.74 Å². The van der Waals surface area contributed by atoms with Crippen LogP contribution < -0.4 is 4.74 Å². The van der Waals surface area contributed by atoms with E-state index in [1.165, 1.54) is 0 Å². The van der Waals surface area contributed by atoms with Gasteiger partial charge >= 0.3 is 0 Å². The quantitative estimate of drug-likeness (QED) is 0.563. The van der Waals surface area contributed by atoms with Gasteiger partial charge in [0.15, 0.2) is 0 Å². The van der Waals surface area contributed by atoms with Gasteiger partial charge in [0.05, 0.1) is 11.0 Å². The van der Waals surface area contributed by atoms with Gasteiger partial charge < -0.3 is 14.2 Å². The van der Waals surface area contributed by atoms with E-state index < -0.39 is 0 Å². The summed E-state index contributed by atoms with van der Waals surface area (Å²) in [5.74, 6) is 1.82. The maximum Gasteiger partial charge on any atom is 0.148 e. The van der Waals surface area contributed by atoms with E-state index >= 15 is 0 Å². The maximum absolute atomic E-state index is 6.16. The lowest BCUT2D eigenvalue weighted by molar-refractivity contribution is 0.270. The normalized spacial score (nSPS) is 11.4. The molecule has 0 saturated heterocycles. The van der Waals surface area contributed by atoms with E-state index in [9.17, 15) is 0 Å². The van der Waals surface area contributed by atoms with Crippen LogP contribution in [0.2, 0.25) is 5.02 Å². The van der Waals surface area contributed by atoms with E-state index in [1.807, 2.05) is 36.4 Å². The zero-order valence-electron chi connectivity index (χ0n) is 15.7. The molecular weight excluding hydrogens is 346 g/mol. The Labute approximate surface area is 160 Å². The lowest BCUT2D eigenvalue weighted by atomic mass is 10.2. The van der Waals surface area contributed by atoms with Gasteiger partial charge in [-0.05, 0) is 49.8 Å². The fourth-order valence-electron chi connectivity index (χ4n) is 3.15. The molecule has 138 valence electrons. The molecule has 26 heavy (non-hydrogen) atoms. The summed E-state index contributed by atoms with van der Waals surface area (Å²) in [6.07, 6.45) is 0. The highest BCUT2D eigenvalue weighted by Gasteiger charge is 2.13. The monoisotopic (exact) mass is 371 g/mol. The van der Waals surface area contributed by atoms with Crippen molar-refractivity contribution in [3.05, 3.63) is 58.9 Å². The van der Waals surface area contributed by atoms with Gasteiger partial charge in [-0.2, -0.15) is 0 Å². The molecule has 0 saturated carbocycles. The number of hydrogen-bond acceptors (Lipinski definition) is 3. The number of rotatable bonds is 8. The molecule has 0 aliphatic rings. The predicted octanol–water partition coefficient (Wildman–Crippen LogP) is 4.92. The molecule has 0 N–H and O–H groups in total. The van der Waals surface area contributed by atoms with Crippen molar-refractivity contribution in [3.63, 3.8) is 0 Å². The second-order valence-electron chi connectivity index (χ2n) is 6.39. The van der Waals surface area contributed by atoms with Crippen LogP contribution in [0.25, 0.3) is 11.0 Å². The van der Waals surface area contributed by atoms with Crippen molar-refractivity contribution in [2.45, 2.75) is 33.9 Å². The fourth-order valence-corrected chi connectivity index (χ4v) is 3.32. The van der Waals surface area contributed by atoms with Crippen LogP contribution >= 0.6 is 11.6 Å². The molecule has 3 rings (SSSR count). The van der Waals surface area contributed by atoms with Crippen molar-refractivity contribution >= 4 is 22.6 Å². The summed E-state index contributed by atoms with van der Waals surface area (Å²) < 4.78 is 8.31. The molecule has 0 radical (unpaired) electrons. The number of nitrogens with zero attached hydrogens (tertiary/aromatic N) is 3. The molecule has 0 fully saturated rings. The van der Waals surface area contributed by atoms with Gasteiger partial charge in [-0.25, -0.2) is 4.98 Å². The number of ether oxygens (including phenoxy) is 1. The predicted molar refractivity (Wildman–Crippen MR) is 108 cm³/mol. The molecule has 1 heterocycles.